The summed E-state index contributed by atoms with van der Waals surface area (Å²) in [4.78, 5) is 23.5. The largest absolute Gasteiger partial charge is 0.486 e. The van der Waals surface area contributed by atoms with Gasteiger partial charge in [-0.2, -0.15) is 5.10 Å². The molecule has 3 rings (SSSR count). The minimum absolute atomic E-state index is 0.00160. The fraction of sp³-hybridized carbons (Fsp3) is 0.250. The van der Waals surface area contributed by atoms with Crippen LogP contribution in [0.25, 0.3) is 0 Å². The lowest BCUT2D eigenvalue weighted by Gasteiger charge is -2.05. The van der Waals surface area contributed by atoms with Gasteiger partial charge in [-0.25, -0.2) is 0 Å². The zero-order valence-electron chi connectivity index (χ0n) is 15.6. The van der Waals surface area contributed by atoms with Gasteiger partial charge in [-0.1, -0.05) is 0 Å². The number of hydrogen-bond donors (Lipinski definition) is 1. The summed E-state index contributed by atoms with van der Waals surface area (Å²) < 4.78 is 13.8. The van der Waals surface area contributed by atoms with E-state index in [-0.39, 0.29) is 24.1 Å². The molecule has 0 saturated heterocycles. The number of rotatable bonds is 8. The van der Waals surface area contributed by atoms with Gasteiger partial charge in [0.1, 0.15) is 18.1 Å². The van der Waals surface area contributed by atoms with Gasteiger partial charge in [0, 0.05) is 18.3 Å². The van der Waals surface area contributed by atoms with Gasteiger partial charge in [0.25, 0.3) is 5.91 Å². The number of nitrogens with zero attached hydrogens (tertiary/aromatic N) is 2. The van der Waals surface area contributed by atoms with Gasteiger partial charge in [0.2, 0.25) is 0 Å². The molecule has 1 aromatic carbocycles. The number of ether oxygens (including phenoxy) is 1. The van der Waals surface area contributed by atoms with Crippen LogP contribution in [-0.4, -0.2) is 21.5 Å². The third-order valence-corrected chi connectivity index (χ3v) is 4.72. The molecule has 0 bridgehead atoms. The molecule has 0 unspecified atom stereocenters. The van der Waals surface area contributed by atoms with E-state index in [4.69, 9.17) is 9.15 Å². The maximum absolute atomic E-state index is 12.3. The summed E-state index contributed by atoms with van der Waals surface area (Å²) >= 11 is 3.43. The van der Waals surface area contributed by atoms with E-state index in [1.54, 1.807) is 41.1 Å². The molecule has 1 N–H and O–H groups in total. The quantitative estimate of drug-likeness (QED) is 0.530. The smallest absolute Gasteiger partial charge is 0.287 e. The molecule has 8 heteroatoms. The SMILES string of the molecule is CCn1cc(Br)c(CNC(=O)c2ccc(COc3ccc(C(C)=O)cc3)o2)n1. The van der Waals surface area contributed by atoms with Crippen LogP contribution in [0.15, 0.2) is 51.5 Å². The number of halogens is 1. The molecule has 28 heavy (non-hydrogen) atoms. The molecule has 0 radical (unpaired) electrons. The first-order valence-corrected chi connectivity index (χ1v) is 9.58. The number of Topliss-reactive ketones (excluding diaryl/α,β-unsaturated/α-hetero) is 1. The topological polar surface area (TPSA) is 86.4 Å². The Balaban J connectivity index is 1.53. The normalized spacial score (nSPS) is 10.7. The number of nitrogens with one attached hydrogen (secondary N) is 1. The molecule has 0 aliphatic rings. The Hall–Kier alpha value is -2.87. The van der Waals surface area contributed by atoms with Crippen LogP contribution in [0.2, 0.25) is 0 Å². The average molecular weight is 446 g/mol. The number of amides is 1. The number of furan rings is 1. The highest BCUT2D eigenvalue weighted by Crippen LogP contribution is 2.17. The van der Waals surface area contributed by atoms with Crippen molar-refractivity contribution in [2.24, 2.45) is 0 Å². The van der Waals surface area contributed by atoms with Crippen molar-refractivity contribution in [3.8, 4) is 5.75 Å². The zero-order valence-corrected chi connectivity index (χ0v) is 17.2. The van der Waals surface area contributed by atoms with Crippen molar-refractivity contribution in [2.75, 3.05) is 0 Å². The van der Waals surface area contributed by atoms with Crippen molar-refractivity contribution in [3.05, 3.63) is 69.8 Å². The molecule has 3 aromatic rings. The van der Waals surface area contributed by atoms with Crippen molar-refractivity contribution in [3.63, 3.8) is 0 Å². The van der Waals surface area contributed by atoms with E-state index in [0.717, 1.165) is 16.7 Å². The van der Waals surface area contributed by atoms with Gasteiger partial charge in [-0.05, 0) is 66.2 Å². The Labute approximate surface area is 170 Å². The van der Waals surface area contributed by atoms with E-state index in [9.17, 15) is 9.59 Å². The molecule has 2 heterocycles. The van der Waals surface area contributed by atoms with Gasteiger partial charge in [-0.15, -0.1) is 0 Å². The lowest BCUT2D eigenvalue weighted by atomic mass is 10.1. The van der Waals surface area contributed by atoms with Crippen molar-refractivity contribution in [2.45, 2.75) is 33.5 Å². The monoisotopic (exact) mass is 445 g/mol. The molecule has 0 atom stereocenters. The molecule has 0 aliphatic heterocycles. The summed E-state index contributed by atoms with van der Waals surface area (Å²) in [5, 5.41) is 7.15. The van der Waals surface area contributed by atoms with Crippen LogP contribution < -0.4 is 10.1 Å². The molecule has 0 spiro atoms. The third-order valence-electron chi connectivity index (χ3n) is 4.05. The Morgan fingerprint density at radius 2 is 1.96 bits per heavy atom. The van der Waals surface area contributed by atoms with E-state index >= 15 is 0 Å². The summed E-state index contributed by atoms with van der Waals surface area (Å²) in [6.45, 7) is 4.73. The van der Waals surface area contributed by atoms with Crippen LogP contribution in [0, 0.1) is 0 Å². The van der Waals surface area contributed by atoms with Gasteiger partial charge < -0.3 is 14.5 Å². The summed E-state index contributed by atoms with van der Waals surface area (Å²) in [7, 11) is 0. The van der Waals surface area contributed by atoms with Gasteiger partial charge >= 0.3 is 0 Å². The molecular weight excluding hydrogens is 426 g/mol. The second kappa shape index (κ2) is 8.88. The molecule has 1 amide bonds. The molecule has 0 fully saturated rings. The highest BCUT2D eigenvalue weighted by molar-refractivity contribution is 9.10. The standard InChI is InChI=1S/C20H20BrN3O4/c1-3-24-11-17(21)18(23-24)10-22-20(26)19-9-8-16(28-19)12-27-15-6-4-14(5-7-15)13(2)25/h4-9,11H,3,10,12H2,1-2H3,(H,22,26). The first kappa shape index (κ1) is 19.9. The van der Waals surface area contributed by atoms with E-state index < -0.39 is 0 Å². The Morgan fingerprint density at radius 3 is 2.61 bits per heavy atom. The lowest BCUT2D eigenvalue weighted by molar-refractivity contribution is 0.0918. The number of benzene rings is 1. The minimum Gasteiger partial charge on any atom is -0.486 e. The molecule has 7 nitrogen and oxygen atoms in total. The molecular formula is C20H20BrN3O4. The van der Waals surface area contributed by atoms with Crippen molar-refractivity contribution in [1.82, 2.24) is 15.1 Å². The Bertz CT molecular complexity index is 976. The molecule has 146 valence electrons. The molecule has 0 aliphatic carbocycles. The summed E-state index contributed by atoms with van der Waals surface area (Å²) in [5.41, 5.74) is 1.37. The third kappa shape index (κ3) is 4.89. The fourth-order valence-corrected chi connectivity index (χ4v) is 2.94. The highest BCUT2D eigenvalue weighted by atomic mass is 79.9. The Kier molecular flexibility index (Phi) is 6.30. The number of aromatic nitrogens is 2. The predicted molar refractivity (Wildman–Crippen MR) is 106 cm³/mol. The second-order valence-electron chi connectivity index (χ2n) is 6.10. The summed E-state index contributed by atoms with van der Waals surface area (Å²) in [6.07, 6.45) is 1.87. The van der Waals surface area contributed by atoms with Crippen molar-refractivity contribution in [1.29, 1.82) is 0 Å². The number of ketones is 1. The van der Waals surface area contributed by atoms with Crippen molar-refractivity contribution >= 4 is 27.6 Å². The van der Waals surface area contributed by atoms with Crippen LogP contribution in [0.5, 0.6) is 5.75 Å². The number of hydrogen-bond acceptors (Lipinski definition) is 5. The second-order valence-corrected chi connectivity index (χ2v) is 6.95. The number of aryl methyl sites for hydroxylation is 1. The maximum Gasteiger partial charge on any atom is 0.287 e. The highest BCUT2D eigenvalue weighted by Gasteiger charge is 2.13. The van der Waals surface area contributed by atoms with Crippen LogP contribution in [0.3, 0.4) is 0 Å². The Morgan fingerprint density at radius 1 is 1.21 bits per heavy atom. The lowest BCUT2D eigenvalue weighted by Crippen LogP contribution is -2.22. The number of carbonyl (C=O) groups is 2. The molecule has 0 saturated carbocycles. The minimum atomic E-state index is -0.324. The van der Waals surface area contributed by atoms with Crippen LogP contribution in [-0.2, 0) is 19.7 Å². The van der Waals surface area contributed by atoms with Crippen LogP contribution in [0.1, 0.15) is 46.2 Å². The first-order chi connectivity index (χ1) is 13.5. The first-order valence-electron chi connectivity index (χ1n) is 8.78. The summed E-state index contributed by atoms with van der Waals surface area (Å²) in [5.74, 6) is 1.02. The van der Waals surface area contributed by atoms with Gasteiger partial charge in [0.05, 0.1) is 16.7 Å². The van der Waals surface area contributed by atoms with E-state index in [2.05, 4.69) is 26.3 Å². The van der Waals surface area contributed by atoms with E-state index in [1.165, 1.54) is 6.92 Å². The van der Waals surface area contributed by atoms with Crippen molar-refractivity contribution < 1.29 is 18.7 Å². The molecule has 2 aromatic heterocycles. The maximum atomic E-state index is 12.3. The van der Waals surface area contributed by atoms with Crippen LogP contribution >= 0.6 is 15.9 Å². The van der Waals surface area contributed by atoms with Crippen LogP contribution in [0.4, 0.5) is 0 Å². The van der Waals surface area contributed by atoms with Gasteiger partial charge in [0.15, 0.2) is 11.5 Å². The number of carbonyl (C=O) groups excluding carboxylic acids is 2. The summed E-state index contributed by atoms with van der Waals surface area (Å²) in [6, 6.07) is 10.2. The fourth-order valence-electron chi connectivity index (χ4n) is 2.49. The van der Waals surface area contributed by atoms with E-state index in [1.807, 2.05) is 13.1 Å². The zero-order chi connectivity index (χ0) is 20.1. The predicted octanol–water partition coefficient (Wildman–Crippen LogP) is 3.97. The van der Waals surface area contributed by atoms with E-state index in [0.29, 0.717) is 23.6 Å². The van der Waals surface area contributed by atoms with Gasteiger partial charge in [-0.3, -0.25) is 14.3 Å². The average Bonchev–Trinajstić information content (AvgIpc) is 3.31.